The van der Waals surface area contributed by atoms with Gasteiger partial charge in [0.1, 0.15) is 0 Å². The smallest absolute Gasteiger partial charge is 0.337 e. The molecular weight excluding hydrogens is 394 g/mol. The van der Waals surface area contributed by atoms with Crippen LogP contribution in [0.3, 0.4) is 0 Å². The fourth-order valence-electron chi connectivity index (χ4n) is 4.39. The van der Waals surface area contributed by atoms with E-state index in [1.807, 2.05) is 30.3 Å². The molecule has 1 N–H and O–H groups in total. The molecule has 0 bridgehead atoms. The minimum absolute atomic E-state index is 0.168. The Morgan fingerprint density at radius 1 is 1.06 bits per heavy atom. The number of carbonyl (C=O) groups is 2. The van der Waals surface area contributed by atoms with Crippen molar-refractivity contribution in [2.75, 3.05) is 13.7 Å². The Morgan fingerprint density at radius 2 is 1.87 bits per heavy atom. The van der Waals surface area contributed by atoms with Gasteiger partial charge < -0.3 is 19.2 Å². The summed E-state index contributed by atoms with van der Waals surface area (Å²) in [5.41, 5.74) is 4.38. The van der Waals surface area contributed by atoms with Gasteiger partial charge in [0.05, 0.1) is 23.8 Å². The predicted octanol–water partition coefficient (Wildman–Crippen LogP) is 3.00. The highest BCUT2D eigenvalue weighted by atomic mass is 16.5. The van der Waals surface area contributed by atoms with Crippen molar-refractivity contribution in [1.82, 2.24) is 14.5 Å². The van der Waals surface area contributed by atoms with Crippen molar-refractivity contribution < 1.29 is 14.3 Å². The summed E-state index contributed by atoms with van der Waals surface area (Å²) in [5, 5.41) is 1.66. The summed E-state index contributed by atoms with van der Waals surface area (Å²) in [4.78, 5) is 43.0. The van der Waals surface area contributed by atoms with Crippen molar-refractivity contribution in [3.05, 3.63) is 81.3 Å². The van der Waals surface area contributed by atoms with Crippen molar-refractivity contribution >= 4 is 33.7 Å². The second-order valence-electron chi connectivity index (χ2n) is 7.78. The normalized spacial score (nSPS) is 13.4. The van der Waals surface area contributed by atoms with E-state index in [1.165, 1.54) is 13.2 Å². The molecule has 3 heterocycles. The van der Waals surface area contributed by atoms with Crippen LogP contribution in [-0.4, -0.2) is 40.0 Å². The Bertz CT molecular complexity index is 1430. The third-order valence-corrected chi connectivity index (χ3v) is 6.07. The summed E-state index contributed by atoms with van der Waals surface area (Å²) >= 11 is 0. The van der Waals surface area contributed by atoms with Crippen LogP contribution >= 0.6 is 0 Å². The first-order chi connectivity index (χ1) is 15.0. The number of pyridine rings is 1. The zero-order valence-electron chi connectivity index (χ0n) is 17.3. The van der Waals surface area contributed by atoms with Gasteiger partial charge in [-0.05, 0) is 24.3 Å². The summed E-state index contributed by atoms with van der Waals surface area (Å²) in [6, 6.07) is 14.2. The van der Waals surface area contributed by atoms with Gasteiger partial charge >= 0.3 is 5.97 Å². The molecule has 0 unspecified atom stereocenters. The number of methoxy groups -OCH3 is 1. The number of amides is 1. The second-order valence-corrected chi connectivity index (χ2v) is 7.78. The number of carbonyl (C=O) groups excluding carboxylic acids is 2. The van der Waals surface area contributed by atoms with Crippen LogP contribution in [0.25, 0.3) is 21.8 Å². The van der Waals surface area contributed by atoms with Crippen LogP contribution in [0.5, 0.6) is 0 Å². The fourth-order valence-corrected chi connectivity index (χ4v) is 4.39. The minimum atomic E-state index is -0.396. The number of nitrogens with one attached hydrogen (secondary N) is 1. The molecule has 7 nitrogen and oxygen atoms in total. The number of hydrogen-bond acceptors (Lipinski definition) is 4. The van der Waals surface area contributed by atoms with Gasteiger partial charge in [-0.15, -0.1) is 0 Å². The average molecular weight is 415 g/mol. The Balaban J connectivity index is 1.56. The average Bonchev–Trinajstić information content (AvgIpc) is 3.17. The monoisotopic (exact) mass is 415 g/mol. The van der Waals surface area contributed by atoms with Crippen molar-refractivity contribution in [2.24, 2.45) is 7.05 Å². The lowest BCUT2D eigenvalue weighted by Gasteiger charge is -2.28. The van der Waals surface area contributed by atoms with E-state index in [1.54, 1.807) is 28.6 Å². The van der Waals surface area contributed by atoms with Gasteiger partial charge in [-0.25, -0.2) is 4.79 Å². The van der Waals surface area contributed by atoms with Crippen LogP contribution in [0.2, 0.25) is 0 Å². The number of hydrogen-bond donors (Lipinski definition) is 1. The number of aromatic nitrogens is 2. The zero-order valence-corrected chi connectivity index (χ0v) is 17.3. The number of H-pyrrole nitrogens is 1. The third kappa shape index (κ3) is 3.01. The second kappa shape index (κ2) is 7.12. The van der Waals surface area contributed by atoms with E-state index in [0.29, 0.717) is 30.6 Å². The number of nitrogens with zero attached hydrogens (tertiary/aromatic N) is 2. The summed E-state index contributed by atoms with van der Waals surface area (Å²) in [6.45, 7) is 0.953. The first-order valence-electron chi connectivity index (χ1n) is 10.1. The molecule has 31 heavy (non-hydrogen) atoms. The highest BCUT2D eigenvalue weighted by Crippen LogP contribution is 2.30. The number of esters is 1. The van der Waals surface area contributed by atoms with Crippen LogP contribution in [0, 0.1) is 0 Å². The molecular formula is C24H21N3O4. The maximum Gasteiger partial charge on any atom is 0.337 e. The van der Waals surface area contributed by atoms with Gasteiger partial charge in [0, 0.05) is 60.2 Å². The van der Waals surface area contributed by atoms with E-state index in [2.05, 4.69) is 4.98 Å². The lowest BCUT2D eigenvalue weighted by Crippen LogP contribution is -2.36. The number of rotatable bonds is 2. The number of aryl methyl sites for hydroxylation is 1. The van der Waals surface area contributed by atoms with E-state index < -0.39 is 5.97 Å². The molecule has 1 aliphatic rings. The van der Waals surface area contributed by atoms with Crippen LogP contribution in [0.1, 0.15) is 32.0 Å². The lowest BCUT2D eigenvalue weighted by molar-refractivity contribution is 0.0600. The topological polar surface area (TPSA) is 84.4 Å². The molecule has 0 spiro atoms. The van der Waals surface area contributed by atoms with Crippen LogP contribution < -0.4 is 5.56 Å². The van der Waals surface area contributed by atoms with E-state index in [4.69, 9.17) is 4.74 Å². The summed E-state index contributed by atoms with van der Waals surface area (Å²) in [7, 11) is 3.06. The maximum atomic E-state index is 13.5. The number of ether oxygens (including phenoxy) is 1. The molecule has 0 saturated heterocycles. The molecule has 0 atom stereocenters. The molecule has 1 aliphatic heterocycles. The van der Waals surface area contributed by atoms with Gasteiger partial charge in [-0.3, -0.25) is 9.59 Å². The Labute approximate surface area is 177 Å². The molecule has 0 radical (unpaired) electrons. The molecule has 4 aromatic rings. The van der Waals surface area contributed by atoms with E-state index >= 15 is 0 Å². The number of benzene rings is 2. The summed E-state index contributed by atoms with van der Waals surface area (Å²) < 4.78 is 6.39. The van der Waals surface area contributed by atoms with Crippen LogP contribution in [-0.2, 0) is 24.8 Å². The molecule has 5 rings (SSSR count). The molecule has 2 aromatic heterocycles. The Kier molecular flexibility index (Phi) is 4.39. The summed E-state index contributed by atoms with van der Waals surface area (Å²) in [6.07, 6.45) is 0.673. The molecule has 0 saturated carbocycles. The molecule has 1 amide bonds. The minimum Gasteiger partial charge on any atom is -0.465 e. The first-order valence-corrected chi connectivity index (χ1v) is 10.1. The van der Waals surface area contributed by atoms with Crippen molar-refractivity contribution in [2.45, 2.75) is 13.0 Å². The Hall–Kier alpha value is -3.87. The van der Waals surface area contributed by atoms with Gasteiger partial charge in [0.25, 0.3) is 11.5 Å². The van der Waals surface area contributed by atoms with Crippen molar-refractivity contribution in [1.29, 1.82) is 0 Å². The fraction of sp³-hybridized carbons (Fsp3) is 0.208. The zero-order chi connectivity index (χ0) is 21.7. The summed E-state index contributed by atoms with van der Waals surface area (Å²) in [5.74, 6) is -0.565. The number of fused-ring (bicyclic) bond motifs is 4. The van der Waals surface area contributed by atoms with E-state index in [-0.39, 0.29) is 11.5 Å². The van der Waals surface area contributed by atoms with Crippen molar-refractivity contribution in [3.8, 4) is 0 Å². The molecule has 156 valence electrons. The number of para-hydroxylation sites is 1. The largest absolute Gasteiger partial charge is 0.465 e. The SMILES string of the molecule is COC(=O)c1ccc2[nH]c3c(c2c1)CN(C(=O)c1cc(=O)n(C)c2ccccc12)CC3. The standard InChI is InChI=1S/C24H21N3O4/c1-26-21-6-4-3-5-15(21)17(12-22(26)28)23(29)27-10-9-20-18(13-27)16-11-14(24(30)31-2)7-8-19(16)25-20/h3-8,11-12,25H,9-10,13H2,1-2H3. The maximum absolute atomic E-state index is 13.5. The van der Waals surface area contributed by atoms with Crippen LogP contribution in [0.15, 0.2) is 53.3 Å². The molecule has 0 aliphatic carbocycles. The molecule has 7 heteroatoms. The highest BCUT2D eigenvalue weighted by Gasteiger charge is 2.27. The Morgan fingerprint density at radius 3 is 2.68 bits per heavy atom. The van der Waals surface area contributed by atoms with Gasteiger partial charge in [0.2, 0.25) is 0 Å². The van der Waals surface area contributed by atoms with Gasteiger partial charge in [0.15, 0.2) is 0 Å². The quantitative estimate of drug-likeness (QED) is 0.510. The highest BCUT2D eigenvalue weighted by molar-refractivity contribution is 6.06. The van der Waals surface area contributed by atoms with Gasteiger partial charge in [-0.1, -0.05) is 18.2 Å². The first kappa shape index (κ1) is 19.1. The molecule has 0 fully saturated rings. The van der Waals surface area contributed by atoms with E-state index in [0.717, 1.165) is 33.1 Å². The lowest BCUT2D eigenvalue weighted by atomic mass is 10.0. The van der Waals surface area contributed by atoms with E-state index in [9.17, 15) is 14.4 Å². The predicted molar refractivity (Wildman–Crippen MR) is 117 cm³/mol. The van der Waals surface area contributed by atoms with Crippen LogP contribution in [0.4, 0.5) is 0 Å². The third-order valence-electron chi connectivity index (χ3n) is 6.07. The van der Waals surface area contributed by atoms with Crippen molar-refractivity contribution in [3.63, 3.8) is 0 Å². The number of aromatic amines is 1. The molecule has 2 aromatic carbocycles. The van der Waals surface area contributed by atoms with Gasteiger partial charge in [-0.2, -0.15) is 0 Å².